The maximum atomic E-state index is 12.7. The zero-order valence-electron chi connectivity index (χ0n) is 14.5. The van der Waals surface area contributed by atoms with Crippen LogP contribution in [-0.4, -0.2) is 44.8 Å². The summed E-state index contributed by atoms with van der Waals surface area (Å²) in [6.07, 6.45) is 1.48. The van der Waals surface area contributed by atoms with Crippen molar-refractivity contribution in [1.82, 2.24) is 19.7 Å². The van der Waals surface area contributed by atoms with Gasteiger partial charge in [-0.05, 0) is 45.7 Å². The number of hydrogen-bond donors (Lipinski definition) is 0. The van der Waals surface area contributed by atoms with Gasteiger partial charge in [0.15, 0.2) is 6.10 Å². The molecule has 1 fully saturated rings. The van der Waals surface area contributed by atoms with Crippen molar-refractivity contribution in [3.63, 3.8) is 0 Å². The molecule has 0 unspecified atom stereocenters. The van der Waals surface area contributed by atoms with E-state index in [1.807, 2.05) is 60.7 Å². The molecule has 1 aromatic heterocycles. The predicted molar refractivity (Wildman–Crippen MR) is 90.9 cm³/mol. The maximum Gasteiger partial charge on any atom is 0.263 e. The predicted octanol–water partition coefficient (Wildman–Crippen LogP) is 2.53. The Kier molecular flexibility index (Phi) is 4.83. The normalized spacial score (nSPS) is 19.1. The first-order valence-corrected chi connectivity index (χ1v) is 8.45. The Hall–Kier alpha value is -2.37. The minimum Gasteiger partial charge on any atom is -0.481 e. The third-order valence-electron chi connectivity index (χ3n) is 4.37. The van der Waals surface area contributed by atoms with E-state index in [4.69, 9.17) is 4.74 Å². The molecule has 1 aliphatic heterocycles. The molecule has 1 aliphatic rings. The SMILES string of the molecule is Cc1nc(C)n([C@H]2CCCN(C(=O)[C@H](C)Oc3ccccc3)C2)n1. The van der Waals surface area contributed by atoms with E-state index < -0.39 is 6.10 Å². The molecule has 0 aliphatic carbocycles. The quantitative estimate of drug-likeness (QED) is 0.865. The molecule has 0 radical (unpaired) electrons. The summed E-state index contributed by atoms with van der Waals surface area (Å²) in [7, 11) is 0. The number of aryl methyl sites for hydroxylation is 2. The number of aromatic nitrogens is 3. The van der Waals surface area contributed by atoms with Crippen LogP contribution in [-0.2, 0) is 4.79 Å². The topological polar surface area (TPSA) is 60.2 Å². The molecule has 24 heavy (non-hydrogen) atoms. The Morgan fingerprint density at radius 1 is 1.29 bits per heavy atom. The van der Waals surface area contributed by atoms with Crippen LogP contribution in [0.15, 0.2) is 30.3 Å². The van der Waals surface area contributed by atoms with Crippen molar-refractivity contribution in [3.8, 4) is 5.75 Å². The Labute approximate surface area is 142 Å². The highest BCUT2D eigenvalue weighted by atomic mass is 16.5. The Bertz CT molecular complexity index is 698. The summed E-state index contributed by atoms with van der Waals surface area (Å²) in [6, 6.07) is 9.65. The number of benzene rings is 1. The largest absolute Gasteiger partial charge is 0.481 e. The average molecular weight is 328 g/mol. The van der Waals surface area contributed by atoms with Gasteiger partial charge in [0, 0.05) is 13.1 Å². The lowest BCUT2D eigenvalue weighted by molar-refractivity contribution is -0.139. The highest BCUT2D eigenvalue weighted by molar-refractivity contribution is 5.81. The summed E-state index contributed by atoms with van der Waals surface area (Å²) < 4.78 is 7.73. The second-order valence-electron chi connectivity index (χ2n) is 6.30. The van der Waals surface area contributed by atoms with Crippen LogP contribution < -0.4 is 4.74 Å². The molecule has 1 aromatic carbocycles. The molecule has 0 spiro atoms. The fraction of sp³-hybridized carbons (Fsp3) is 0.500. The molecule has 2 heterocycles. The number of hydrogen-bond acceptors (Lipinski definition) is 4. The molecule has 6 nitrogen and oxygen atoms in total. The van der Waals surface area contributed by atoms with Gasteiger partial charge in [0.2, 0.25) is 0 Å². The maximum absolute atomic E-state index is 12.7. The van der Waals surface area contributed by atoms with E-state index in [9.17, 15) is 4.79 Å². The van der Waals surface area contributed by atoms with Crippen molar-refractivity contribution < 1.29 is 9.53 Å². The summed E-state index contributed by atoms with van der Waals surface area (Å²) in [5.74, 6) is 2.42. The van der Waals surface area contributed by atoms with Crippen LogP contribution in [0.5, 0.6) is 5.75 Å². The number of ether oxygens (including phenoxy) is 1. The zero-order valence-corrected chi connectivity index (χ0v) is 14.5. The van der Waals surface area contributed by atoms with Crippen LogP contribution in [0.4, 0.5) is 0 Å². The molecule has 2 aromatic rings. The average Bonchev–Trinajstić information content (AvgIpc) is 2.93. The number of carbonyl (C=O) groups excluding carboxylic acids is 1. The van der Waals surface area contributed by atoms with Crippen LogP contribution >= 0.6 is 0 Å². The molecule has 6 heteroatoms. The van der Waals surface area contributed by atoms with Crippen LogP contribution in [0.25, 0.3) is 0 Å². The smallest absolute Gasteiger partial charge is 0.263 e. The van der Waals surface area contributed by atoms with E-state index in [-0.39, 0.29) is 11.9 Å². The Morgan fingerprint density at radius 2 is 2.04 bits per heavy atom. The van der Waals surface area contributed by atoms with Crippen molar-refractivity contribution in [2.24, 2.45) is 0 Å². The molecule has 128 valence electrons. The number of para-hydroxylation sites is 1. The summed E-state index contributed by atoms with van der Waals surface area (Å²) in [4.78, 5) is 19.0. The zero-order chi connectivity index (χ0) is 17.1. The summed E-state index contributed by atoms with van der Waals surface area (Å²) >= 11 is 0. The lowest BCUT2D eigenvalue weighted by atomic mass is 10.1. The fourth-order valence-corrected chi connectivity index (χ4v) is 3.25. The number of nitrogens with zero attached hydrogens (tertiary/aromatic N) is 4. The van der Waals surface area contributed by atoms with Crippen LogP contribution in [0.2, 0.25) is 0 Å². The van der Waals surface area contributed by atoms with E-state index in [0.29, 0.717) is 6.54 Å². The van der Waals surface area contributed by atoms with Gasteiger partial charge >= 0.3 is 0 Å². The van der Waals surface area contributed by atoms with Crippen molar-refractivity contribution >= 4 is 5.91 Å². The minimum absolute atomic E-state index is 0.0260. The van der Waals surface area contributed by atoms with Gasteiger partial charge in [0.05, 0.1) is 6.04 Å². The molecule has 0 bridgehead atoms. The van der Waals surface area contributed by atoms with Gasteiger partial charge < -0.3 is 9.64 Å². The van der Waals surface area contributed by atoms with Gasteiger partial charge in [0.25, 0.3) is 5.91 Å². The lowest BCUT2D eigenvalue weighted by Gasteiger charge is -2.34. The first-order chi connectivity index (χ1) is 11.5. The highest BCUT2D eigenvalue weighted by Crippen LogP contribution is 2.23. The monoisotopic (exact) mass is 328 g/mol. The molecule has 1 saturated heterocycles. The van der Waals surface area contributed by atoms with Crippen LogP contribution in [0, 0.1) is 13.8 Å². The van der Waals surface area contributed by atoms with E-state index in [0.717, 1.165) is 36.8 Å². The van der Waals surface area contributed by atoms with E-state index in [1.54, 1.807) is 0 Å². The number of carbonyl (C=O) groups is 1. The van der Waals surface area contributed by atoms with Gasteiger partial charge in [-0.25, -0.2) is 9.67 Å². The van der Waals surface area contributed by atoms with Crippen LogP contribution in [0.3, 0.4) is 0 Å². The minimum atomic E-state index is -0.496. The standard InChI is InChI=1S/C18H24N4O2/c1-13(24-17-9-5-4-6-10-17)18(23)21-11-7-8-16(12-21)22-15(3)19-14(2)20-22/h4-6,9-10,13,16H,7-8,11-12H2,1-3H3/t13-,16-/m0/s1. The molecule has 0 saturated carbocycles. The van der Waals surface area contributed by atoms with Crippen molar-refractivity contribution in [2.75, 3.05) is 13.1 Å². The summed E-state index contributed by atoms with van der Waals surface area (Å²) in [5.41, 5.74) is 0. The van der Waals surface area contributed by atoms with Crippen molar-refractivity contribution in [3.05, 3.63) is 42.0 Å². The lowest BCUT2D eigenvalue weighted by Crippen LogP contribution is -2.46. The van der Waals surface area contributed by atoms with Crippen molar-refractivity contribution in [1.29, 1.82) is 0 Å². The Balaban J connectivity index is 1.65. The number of rotatable bonds is 4. The summed E-state index contributed by atoms with van der Waals surface area (Å²) in [5, 5.41) is 4.48. The molecule has 0 N–H and O–H groups in total. The third-order valence-corrected chi connectivity index (χ3v) is 4.37. The number of piperidine rings is 1. The molecule has 2 atom stereocenters. The number of likely N-dealkylation sites (tertiary alicyclic amines) is 1. The van der Waals surface area contributed by atoms with Gasteiger partial charge in [0.1, 0.15) is 17.4 Å². The third kappa shape index (κ3) is 3.58. The first-order valence-electron chi connectivity index (χ1n) is 8.45. The second-order valence-corrected chi connectivity index (χ2v) is 6.30. The van der Waals surface area contributed by atoms with E-state index in [1.165, 1.54) is 0 Å². The van der Waals surface area contributed by atoms with Crippen molar-refractivity contribution in [2.45, 2.75) is 45.8 Å². The van der Waals surface area contributed by atoms with Gasteiger partial charge in [-0.3, -0.25) is 4.79 Å². The van der Waals surface area contributed by atoms with Gasteiger partial charge in [-0.1, -0.05) is 18.2 Å². The van der Waals surface area contributed by atoms with E-state index in [2.05, 4.69) is 10.1 Å². The Morgan fingerprint density at radius 3 is 2.71 bits per heavy atom. The molecule has 1 amide bonds. The first kappa shape index (κ1) is 16.5. The van der Waals surface area contributed by atoms with Gasteiger partial charge in [-0.2, -0.15) is 5.10 Å². The molecule has 3 rings (SSSR count). The molecular weight excluding hydrogens is 304 g/mol. The summed E-state index contributed by atoms with van der Waals surface area (Å²) in [6.45, 7) is 7.09. The highest BCUT2D eigenvalue weighted by Gasteiger charge is 2.29. The molecular formula is C18H24N4O2. The fourth-order valence-electron chi connectivity index (χ4n) is 3.25. The number of amides is 1. The van der Waals surface area contributed by atoms with Crippen LogP contribution in [0.1, 0.15) is 37.5 Å². The van der Waals surface area contributed by atoms with E-state index >= 15 is 0 Å². The second kappa shape index (κ2) is 7.03. The van der Waals surface area contributed by atoms with Gasteiger partial charge in [-0.15, -0.1) is 0 Å².